The molecule has 0 bridgehead atoms. The van der Waals surface area contributed by atoms with E-state index < -0.39 is 10.8 Å². The van der Waals surface area contributed by atoms with Crippen molar-refractivity contribution < 1.29 is 9.72 Å². The molecular formula is C18H15ClN4O3S. The molecule has 138 valence electrons. The number of benzene rings is 2. The highest BCUT2D eigenvalue weighted by molar-refractivity contribution is 7.99. The van der Waals surface area contributed by atoms with Crippen LogP contribution in [0.1, 0.15) is 16.2 Å². The number of halogens is 1. The Morgan fingerprint density at radius 3 is 2.56 bits per heavy atom. The van der Waals surface area contributed by atoms with Gasteiger partial charge in [-0.1, -0.05) is 35.5 Å². The van der Waals surface area contributed by atoms with Crippen molar-refractivity contribution in [3.63, 3.8) is 0 Å². The summed E-state index contributed by atoms with van der Waals surface area (Å²) in [4.78, 5) is 25.1. The number of nitrogens with zero attached hydrogens (tertiary/aromatic N) is 3. The minimum Gasteiger partial charge on any atom is -0.319 e. The topological polar surface area (TPSA) is 90.1 Å². The summed E-state index contributed by atoms with van der Waals surface area (Å²) in [5, 5.41) is 18.7. The molecule has 3 aromatic rings. The van der Waals surface area contributed by atoms with Crippen LogP contribution in [-0.4, -0.2) is 20.6 Å². The highest BCUT2D eigenvalue weighted by Gasteiger charge is 2.29. The van der Waals surface area contributed by atoms with Gasteiger partial charge in [0.15, 0.2) is 0 Å². The van der Waals surface area contributed by atoms with Crippen molar-refractivity contribution in [2.24, 2.45) is 7.05 Å². The van der Waals surface area contributed by atoms with Gasteiger partial charge in [0.25, 0.3) is 5.91 Å². The van der Waals surface area contributed by atoms with E-state index in [-0.39, 0.29) is 11.4 Å². The van der Waals surface area contributed by atoms with E-state index in [2.05, 4.69) is 10.4 Å². The lowest BCUT2D eigenvalue weighted by atomic mass is 10.2. The summed E-state index contributed by atoms with van der Waals surface area (Å²) in [6.07, 6.45) is 0. The molecule has 1 aromatic heterocycles. The van der Waals surface area contributed by atoms with Crippen molar-refractivity contribution in [1.29, 1.82) is 0 Å². The van der Waals surface area contributed by atoms with E-state index in [9.17, 15) is 14.9 Å². The van der Waals surface area contributed by atoms with Gasteiger partial charge in [-0.05, 0) is 43.3 Å². The average molecular weight is 403 g/mol. The maximum atomic E-state index is 12.6. The van der Waals surface area contributed by atoms with Crippen molar-refractivity contribution in [3.8, 4) is 0 Å². The first-order valence-corrected chi connectivity index (χ1v) is 9.08. The number of para-hydroxylation sites is 1. The van der Waals surface area contributed by atoms with E-state index in [4.69, 9.17) is 11.6 Å². The lowest BCUT2D eigenvalue weighted by molar-refractivity contribution is -0.385. The zero-order valence-corrected chi connectivity index (χ0v) is 16.0. The smallest absolute Gasteiger partial charge is 0.319 e. The second-order valence-corrected chi connectivity index (χ2v) is 7.22. The van der Waals surface area contributed by atoms with Gasteiger partial charge in [-0.25, -0.2) is 0 Å². The molecule has 0 atom stereocenters. The van der Waals surface area contributed by atoms with E-state index in [0.717, 1.165) is 9.79 Å². The molecule has 1 heterocycles. The summed E-state index contributed by atoms with van der Waals surface area (Å²) in [6, 6.07) is 14.5. The molecule has 7 nitrogen and oxygen atoms in total. The first-order valence-electron chi connectivity index (χ1n) is 7.88. The van der Waals surface area contributed by atoms with Crippen molar-refractivity contribution >= 4 is 40.6 Å². The molecule has 27 heavy (non-hydrogen) atoms. The van der Waals surface area contributed by atoms with Gasteiger partial charge in [0, 0.05) is 21.9 Å². The zero-order chi connectivity index (χ0) is 19.6. The van der Waals surface area contributed by atoms with E-state index in [1.807, 2.05) is 24.3 Å². The van der Waals surface area contributed by atoms with Crippen molar-refractivity contribution in [2.45, 2.75) is 16.7 Å². The fraction of sp³-hybridized carbons (Fsp3) is 0.111. The fourth-order valence-electron chi connectivity index (χ4n) is 2.44. The molecule has 0 aliphatic rings. The molecule has 0 fully saturated rings. The summed E-state index contributed by atoms with van der Waals surface area (Å²) in [5.41, 5.74) is 0.346. The van der Waals surface area contributed by atoms with Crippen LogP contribution in [0.2, 0.25) is 5.02 Å². The maximum Gasteiger partial charge on any atom is 0.322 e. The Bertz CT molecular complexity index is 1020. The minimum atomic E-state index is -0.630. The van der Waals surface area contributed by atoms with Gasteiger partial charge < -0.3 is 5.32 Å². The Balaban J connectivity index is 1.88. The van der Waals surface area contributed by atoms with Crippen molar-refractivity contribution in [1.82, 2.24) is 9.78 Å². The van der Waals surface area contributed by atoms with Crippen LogP contribution in [0.4, 0.5) is 11.4 Å². The molecule has 1 N–H and O–H groups in total. The van der Waals surface area contributed by atoms with Crippen LogP contribution in [0.15, 0.2) is 58.3 Å². The van der Waals surface area contributed by atoms with E-state index in [1.54, 1.807) is 38.2 Å². The SMILES string of the molecule is Cc1c([N+](=O)[O-])c(C(=O)Nc2ccccc2Sc2ccc(Cl)cc2)nn1C. The molecule has 3 rings (SSSR count). The van der Waals surface area contributed by atoms with Gasteiger partial charge in [-0.3, -0.25) is 19.6 Å². The quantitative estimate of drug-likeness (QED) is 0.493. The number of carbonyl (C=O) groups excluding carboxylic acids is 1. The molecule has 0 aliphatic carbocycles. The highest BCUT2D eigenvalue weighted by atomic mass is 35.5. The number of hydrogen-bond acceptors (Lipinski definition) is 5. The van der Waals surface area contributed by atoms with Crippen LogP contribution in [0.5, 0.6) is 0 Å². The van der Waals surface area contributed by atoms with Gasteiger partial charge in [-0.15, -0.1) is 0 Å². The summed E-state index contributed by atoms with van der Waals surface area (Å²) >= 11 is 7.35. The third-order valence-corrected chi connectivity index (χ3v) is 5.21. The Morgan fingerprint density at radius 1 is 1.22 bits per heavy atom. The third-order valence-electron chi connectivity index (χ3n) is 3.88. The molecule has 0 saturated carbocycles. The Labute approximate surface area is 164 Å². The van der Waals surface area contributed by atoms with Crippen LogP contribution in [0.25, 0.3) is 0 Å². The molecule has 0 radical (unpaired) electrons. The number of anilines is 1. The van der Waals surface area contributed by atoms with Crippen molar-refractivity contribution in [3.05, 3.63) is 75.1 Å². The molecule has 0 unspecified atom stereocenters. The average Bonchev–Trinajstić information content (AvgIpc) is 2.94. The second kappa shape index (κ2) is 7.81. The van der Waals surface area contributed by atoms with Gasteiger partial charge in [-0.2, -0.15) is 5.10 Å². The lowest BCUT2D eigenvalue weighted by Gasteiger charge is -2.10. The predicted molar refractivity (Wildman–Crippen MR) is 105 cm³/mol. The number of nitrogens with one attached hydrogen (secondary N) is 1. The maximum absolute atomic E-state index is 12.6. The van der Waals surface area contributed by atoms with Gasteiger partial charge in [0.05, 0.1) is 10.6 Å². The number of aryl methyl sites for hydroxylation is 1. The van der Waals surface area contributed by atoms with Crippen LogP contribution in [0, 0.1) is 17.0 Å². The Morgan fingerprint density at radius 2 is 1.89 bits per heavy atom. The summed E-state index contributed by atoms with van der Waals surface area (Å²) in [5.74, 6) is -0.630. The molecule has 9 heteroatoms. The van der Waals surface area contributed by atoms with Gasteiger partial charge in [0.1, 0.15) is 5.69 Å². The molecule has 1 amide bonds. The van der Waals surface area contributed by atoms with Crippen molar-refractivity contribution in [2.75, 3.05) is 5.32 Å². The first kappa shape index (κ1) is 18.9. The summed E-state index contributed by atoms with van der Waals surface area (Å²) in [6.45, 7) is 1.55. The first-order chi connectivity index (χ1) is 12.9. The Hall–Kier alpha value is -2.84. The van der Waals surface area contributed by atoms with Crippen LogP contribution in [-0.2, 0) is 7.05 Å². The third kappa shape index (κ3) is 4.12. The molecule has 0 spiro atoms. The van der Waals surface area contributed by atoms with E-state index in [0.29, 0.717) is 16.4 Å². The number of amides is 1. The van der Waals surface area contributed by atoms with E-state index in [1.165, 1.54) is 16.4 Å². The summed E-state index contributed by atoms with van der Waals surface area (Å²) in [7, 11) is 1.56. The molecular weight excluding hydrogens is 388 g/mol. The highest BCUT2D eigenvalue weighted by Crippen LogP contribution is 2.34. The minimum absolute atomic E-state index is 0.216. The largest absolute Gasteiger partial charge is 0.322 e. The fourth-order valence-corrected chi connectivity index (χ4v) is 3.47. The van der Waals surface area contributed by atoms with E-state index >= 15 is 0 Å². The molecule has 0 aliphatic heterocycles. The van der Waals surface area contributed by atoms with Gasteiger partial charge >= 0.3 is 5.69 Å². The normalized spacial score (nSPS) is 10.6. The number of rotatable bonds is 5. The standard InChI is InChI=1S/C18H15ClN4O3S/c1-11-17(23(25)26)16(21-22(11)2)18(24)20-14-5-3-4-6-15(14)27-13-9-7-12(19)8-10-13/h3-10H,1-2H3,(H,20,24). The van der Waals surface area contributed by atoms with Crippen LogP contribution >= 0.6 is 23.4 Å². The monoisotopic (exact) mass is 402 g/mol. The number of aromatic nitrogens is 2. The summed E-state index contributed by atoms with van der Waals surface area (Å²) < 4.78 is 1.32. The zero-order valence-electron chi connectivity index (χ0n) is 14.5. The Kier molecular flexibility index (Phi) is 5.48. The number of carbonyl (C=O) groups is 1. The van der Waals surface area contributed by atoms with Crippen LogP contribution < -0.4 is 5.32 Å². The van der Waals surface area contributed by atoms with Crippen LogP contribution in [0.3, 0.4) is 0 Å². The number of nitro groups is 1. The second-order valence-electron chi connectivity index (χ2n) is 5.67. The predicted octanol–water partition coefficient (Wildman–Crippen LogP) is 4.69. The molecule has 2 aromatic carbocycles. The van der Waals surface area contributed by atoms with Gasteiger partial charge in [0.2, 0.25) is 5.69 Å². The molecule has 0 saturated heterocycles. The number of hydrogen-bond donors (Lipinski definition) is 1. The lowest BCUT2D eigenvalue weighted by Crippen LogP contribution is -2.15.